The summed E-state index contributed by atoms with van der Waals surface area (Å²) in [6.45, 7) is 6.63. The van der Waals surface area contributed by atoms with E-state index in [0.29, 0.717) is 17.9 Å². The van der Waals surface area contributed by atoms with Crippen LogP contribution in [0.1, 0.15) is 56.6 Å². The Morgan fingerprint density at radius 3 is 2.38 bits per heavy atom. The van der Waals surface area contributed by atoms with Crippen LogP contribution in [0.3, 0.4) is 0 Å². The van der Waals surface area contributed by atoms with E-state index in [-0.39, 0.29) is 0 Å². The summed E-state index contributed by atoms with van der Waals surface area (Å²) in [5.74, 6) is 2.04. The molecule has 1 aromatic heterocycles. The van der Waals surface area contributed by atoms with Gasteiger partial charge in [0, 0.05) is 23.4 Å². The van der Waals surface area contributed by atoms with Crippen molar-refractivity contribution in [3.8, 4) is 11.3 Å². The molecular formula is C25H30N4. The molecule has 0 saturated heterocycles. The molecule has 4 nitrogen and oxygen atoms in total. The predicted octanol–water partition coefficient (Wildman–Crippen LogP) is 6.67. The second-order valence-electron chi connectivity index (χ2n) is 8.30. The number of nitrogens with one attached hydrogen (secondary N) is 2. The molecular weight excluding hydrogens is 356 g/mol. The lowest BCUT2D eigenvalue weighted by molar-refractivity contribution is 0.744. The maximum atomic E-state index is 4.80. The zero-order valence-electron chi connectivity index (χ0n) is 17.6. The SMILES string of the molecule is Cc1cc(Nc2cc(-c3ccccc3)nc(NC3CCCC3)n2)ccc1C(C)C. The zero-order chi connectivity index (χ0) is 20.2. The summed E-state index contributed by atoms with van der Waals surface area (Å²) < 4.78 is 0. The van der Waals surface area contributed by atoms with Crippen LogP contribution in [0.5, 0.6) is 0 Å². The molecule has 4 heteroatoms. The van der Waals surface area contributed by atoms with Crippen LogP contribution in [0, 0.1) is 6.92 Å². The molecule has 2 aromatic carbocycles. The van der Waals surface area contributed by atoms with E-state index in [1.54, 1.807) is 0 Å². The van der Waals surface area contributed by atoms with Crippen LogP contribution < -0.4 is 10.6 Å². The molecule has 3 aromatic rings. The van der Waals surface area contributed by atoms with Gasteiger partial charge in [0.2, 0.25) is 5.95 Å². The van der Waals surface area contributed by atoms with Crippen molar-refractivity contribution in [3.63, 3.8) is 0 Å². The minimum absolute atomic E-state index is 0.474. The van der Waals surface area contributed by atoms with E-state index in [2.05, 4.69) is 61.7 Å². The van der Waals surface area contributed by atoms with Crippen LogP contribution in [0.2, 0.25) is 0 Å². The lowest BCUT2D eigenvalue weighted by atomic mass is 9.98. The van der Waals surface area contributed by atoms with E-state index in [0.717, 1.165) is 22.8 Å². The quantitative estimate of drug-likeness (QED) is 0.496. The van der Waals surface area contributed by atoms with Crippen molar-refractivity contribution < 1.29 is 0 Å². The summed E-state index contributed by atoms with van der Waals surface area (Å²) >= 11 is 0. The van der Waals surface area contributed by atoms with Crippen LogP contribution in [-0.2, 0) is 0 Å². The Morgan fingerprint density at radius 1 is 0.931 bits per heavy atom. The van der Waals surface area contributed by atoms with E-state index in [1.807, 2.05) is 24.3 Å². The van der Waals surface area contributed by atoms with Crippen molar-refractivity contribution in [3.05, 3.63) is 65.7 Å². The number of anilines is 3. The fourth-order valence-electron chi connectivity index (χ4n) is 4.13. The van der Waals surface area contributed by atoms with Gasteiger partial charge in [0.15, 0.2) is 0 Å². The Bertz CT molecular complexity index is 960. The summed E-state index contributed by atoms with van der Waals surface area (Å²) in [4.78, 5) is 9.57. The van der Waals surface area contributed by atoms with Crippen molar-refractivity contribution >= 4 is 17.5 Å². The van der Waals surface area contributed by atoms with Crippen molar-refractivity contribution in [2.75, 3.05) is 10.6 Å². The highest BCUT2D eigenvalue weighted by Crippen LogP contribution is 2.28. The fraction of sp³-hybridized carbons (Fsp3) is 0.360. The van der Waals surface area contributed by atoms with E-state index in [4.69, 9.17) is 9.97 Å². The Labute approximate surface area is 173 Å². The standard InChI is InChI=1S/C25H30N4/c1-17(2)22-14-13-21(15-18(22)3)26-24-16-23(19-9-5-4-6-10-19)28-25(29-24)27-20-11-7-8-12-20/h4-6,9-10,13-17,20H,7-8,11-12H2,1-3H3,(H2,26,27,28,29). The van der Waals surface area contributed by atoms with Gasteiger partial charge in [-0.05, 0) is 48.9 Å². The van der Waals surface area contributed by atoms with Gasteiger partial charge in [-0.3, -0.25) is 0 Å². The first-order valence-electron chi connectivity index (χ1n) is 10.7. The van der Waals surface area contributed by atoms with Crippen LogP contribution >= 0.6 is 0 Å². The van der Waals surface area contributed by atoms with Gasteiger partial charge in [-0.1, -0.05) is 63.1 Å². The number of aryl methyl sites for hydroxylation is 1. The first kappa shape index (κ1) is 19.4. The molecule has 1 aliphatic rings. The molecule has 29 heavy (non-hydrogen) atoms. The van der Waals surface area contributed by atoms with Gasteiger partial charge in [0.1, 0.15) is 5.82 Å². The third-order valence-electron chi connectivity index (χ3n) is 5.65. The number of hydrogen-bond donors (Lipinski definition) is 2. The van der Waals surface area contributed by atoms with E-state index >= 15 is 0 Å². The first-order chi connectivity index (χ1) is 14.1. The molecule has 4 rings (SSSR count). The third kappa shape index (κ3) is 4.76. The molecule has 1 heterocycles. The van der Waals surface area contributed by atoms with Crippen molar-refractivity contribution in [2.45, 2.75) is 58.4 Å². The summed E-state index contributed by atoms with van der Waals surface area (Å²) in [6.07, 6.45) is 4.94. The predicted molar refractivity (Wildman–Crippen MR) is 122 cm³/mol. The Hall–Kier alpha value is -2.88. The summed E-state index contributed by atoms with van der Waals surface area (Å²) in [7, 11) is 0. The highest BCUT2D eigenvalue weighted by molar-refractivity contribution is 5.67. The molecule has 2 N–H and O–H groups in total. The highest BCUT2D eigenvalue weighted by atomic mass is 15.2. The number of nitrogens with zero attached hydrogens (tertiary/aromatic N) is 2. The Morgan fingerprint density at radius 2 is 1.69 bits per heavy atom. The van der Waals surface area contributed by atoms with E-state index in [1.165, 1.54) is 36.8 Å². The molecule has 0 radical (unpaired) electrons. The van der Waals surface area contributed by atoms with Crippen LogP contribution in [0.15, 0.2) is 54.6 Å². The fourth-order valence-corrected chi connectivity index (χ4v) is 4.13. The van der Waals surface area contributed by atoms with Crippen LogP contribution in [0.4, 0.5) is 17.5 Å². The average molecular weight is 387 g/mol. The zero-order valence-corrected chi connectivity index (χ0v) is 17.6. The molecule has 1 saturated carbocycles. The second-order valence-corrected chi connectivity index (χ2v) is 8.30. The maximum absolute atomic E-state index is 4.80. The van der Waals surface area contributed by atoms with Crippen LogP contribution in [-0.4, -0.2) is 16.0 Å². The summed E-state index contributed by atoms with van der Waals surface area (Å²) in [6, 6.07) is 19.3. The number of hydrogen-bond acceptors (Lipinski definition) is 4. The van der Waals surface area contributed by atoms with Crippen LogP contribution in [0.25, 0.3) is 11.3 Å². The van der Waals surface area contributed by atoms with Gasteiger partial charge in [-0.2, -0.15) is 4.98 Å². The Kier molecular flexibility index (Phi) is 5.79. The van der Waals surface area contributed by atoms with E-state index < -0.39 is 0 Å². The first-order valence-corrected chi connectivity index (χ1v) is 10.7. The average Bonchev–Trinajstić information content (AvgIpc) is 3.21. The molecule has 0 aliphatic heterocycles. The highest BCUT2D eigenvalue weighted by Gasteiger charge is 2.17. The lowest BCUT2D eigenvalue weighted by Gasteiger charge is -2.16. The molecule has 0 spiro atoms. The lowest BCUT2D eigenvalue weighted by Crippen LogP contribution is -2.17. The molecule has 1 fully saturated rings. The smallest absolute Gasteiger partial charge is 0.225 e. The minimum atomic E-state index is 0.474. The van der Waals surface area contributed by atoms with Gasteiger partial charge < -0.3 is 10.6 Å². The normalized spacial score (nSPS) is 14.3. The van der Waals surface area contributed by atoms with Gasteiger partial charge in [-0.25, -0.2) is 4.98 Å². The molecule has 0 amide bonds. The van der Waals surface area contributed by atoms with Gasteiger partial charge >= 0.3 is 0 Å². The monoisotopic (exact) mass is 386 g/mol. The van der Waals surface area contributed by atoms with E-state index in [9.17, 15) is 0 Å². The molecule has 0 bridgehead atoms. The molecule has 150 valence electrons. The topological polar surface area (TPSA) is 49.8 Å². The Balaban J connectivity index is 1.65. The number of aromatic nitrogens is 2. The molecule has 0 atom stereocenters. The maximum Gasteiger partial charge on any atom is 0.225 e. The van der Waals surface area contributed by atoms with Gasteiger partial charge in [-0.15, -0.1) is 0 Å². The molecule has 0 unspecified atom stereocenters. The molecule has 1 aliphatic carbocycles. The van der Waals surface area contributed by atoms with Gasteiger partial charge in [0.25, 0.3) is 0 Å². The van der Waals surface area contributed by atoms with Crippen molar-refractivity contribution in [1.82, 2.24) is 9.97 Å². The number of rotatable bonds is 6. The van der Waals surface area contributed by atoms with Crippen molar-refractivity contribution in [2.24, 2.45) is 0 Å². The van der Waals surface area contributed by atoms with Gasteiger partial charge in [0.05, 0.1) is 5.69 Å². The minimum Gasteiger partial charge on any atom is -0.351 e. The third-order valence-corrected chi connectivity index (χ3v) is 5.65. The summed E-state index contributed by atoms with van der Waals surface area (Å²) in [5.41, 5.74) is 5.76. The summed E-state index contributed by atoms with van der Waals surface area (Å²) in [5, 5.41) is 7.05. The number of benzene rings is 2. The largest absolute Gasteiger partial charge is 0.351 e. The second kappa shape index (κ2) is 8.64. The van der Waals surface area contributed by atoms with Crippen molar-refractivity contribution in [1.29, 1.82) is 0 Å².